The SMILES string of the molecule is CC.C[C@H]1CCNCCN1. The fraction of sp³-hybridized carbons (Fsp3) is 1.00. The molecule has 62 valence electrons. The van der Waals surface area contributed by atoms with Crippen LogP contribution in [0.15, 0.2) is 0 Å². The molecule has 1 rings (SSSR count). The van der Waals surface area contributed by atoms with Gasteiger partial charge in [-0.3, -0.25) is 0 Å². The summed E-state index contributed by atoms with van der Waals surface area (Å²) in [5.74, 6) is 0. The fourth-order valence-corrected chi connectivity index (χ4v) is 0.953. The minimum atomic E-state index is 0.713. The predicted molar refractivity (Wildman–Crippen MR) is 46.3 cm³/mol. The first-order chi connectivity index (χ1) is 4.89. The van der Waals surface area contributed by atoms with Crippen molar-refractivity contribution in [2.45, 2.75) is 33.2 Å². The Balaban J connectivity index is 0.000000371. The van der Waals surface area contributed by atoms with E-state index < -0.39 is 0 Å². The molecule has 0 aliphatic carbocycles. The molecule has 1 heterocycles. The van der Waals surface area contributed by atoms with Crippen molar-refractivity contribution in [2.75, 3.05) is 19.6 Å². The van der Waals surface area contributed by atoms with Gasteiger partial charge < -0.3 is 10.6 Å². The van der Waals surface area contributed by atoms with Crippen LogP contribution in [0.1, 0.15) is 27.2 Å². The Labute approximate surface area is 64.4 Å². The molecule has 0 radical (unpaired) electrons. The van der Waals surface area contributed by atoms with Crippen molar-refractivity contribution >= 4 is 0 Å². The average Bonchev–Trinajstić information content (AvgIpc) is 2.21. The van der Waals surface area contributed by atoms with Crippen LogP contribution in [-0.4, -0.2) is 25.7 Å². The monoisotopic (exact) mass is 144 g/mol. The van der Waals surface area contributed by atoms with Crippen molar-refractivity contribution in [3.8, 4) is 0 Å². The molecule has 0 unspecified atom stereocenters. The molecule has 0 aromatic carbocycles. The molecule has 10 heavy (non-hydrogen) atoms. The number of hydrogen-bond acceptors (Lipinski definition) is 2. The molecule has 1 fully saturated rings. The Hall–Kier alpha value is -0.0800. The van der Waals surface area contributed by atoms with Gasteiger partial charge in [0.15, 0.2) is 0 Å². The third-order valence-corrected chi connectivity index (χ3v) is 1.55. The predicted octanol–water partition coefficient (Wildman–Crippen LogP) is 0.984. The van der Waals surface area contributed by atoms with Gasteiger partial charge in [-0.1, -0.05) is 13.8 Å². The summed E-state index contributed by atoms with van der Waals surface area (Å²) < 4.78 is 0. The second-order valence-corrected chi connectivity index (χ2v) is 2.39. The van der Waals surface area contributed by atoms with Crippen molar-refractivity contribution in [2.24, 2.45) is 0 Å². The highest BCUT2D eigenvalue weighted by atomic mass is 15.0. The van der Waals surface area contributed by atoms with E-state index in [2.05, 4.69) is 17.6 Å². The van der Waals surface area contributed by atoms with Gasteiger partial charge in [0.05, 0.1) is 0 Å². The Bertz CT molecular complexity index is 56.3. The molecular weight excluding hydrogens is 124 g/mol. The van der Waals surface area contributed by atoms with E-state index in [1.54, 1.807) is 0 Å². The number of rotatable bonds is 0. The molecule has 0 saturated carbocycles. The van der Waals surface area contributed by atoms with E-state index in [1.807, 2.05) is 13.8 Å². The molecule has 0 aromatic heterocycles. The highest BCUT2D eigenvalue weighted by Crippen LogP contribution is 1.89. The van der Waals surface area contributed by atoms with Gasteiger partial charge in [-0.25, -0.2) is 0 Å². The van der Waals surface area contributed by atoms with E-state index in [4.69, 9.17) is 0 Å². The smallest absolute Gasteiger partial charge is 0.00792 e. The van der Waals surface area contributed by atoms with Crippen LogP contribution in [0.2, 0.25) is 0 Å². The van der Waals surface area contributed by atoms with Gasteiger partial charge in [0.1, 0.15) is 0 Å². The summed E-state index contributed by atoms with van der Waals surface area (Å²) in [5.41, 5.74) is 0. The molecular formula is C8H20N2. The van der Waals surface area contributed by atoms with Crippen LogP contribution in [0.5, 0.6) is 0 Å². The second kappa shape index (κ2) is 7.03. The number of nitrogens with one attached hydrogen (secondary N) is 2. The van der Waals surface area contributed by atoms with E-state index in [1.165, 1.54) is 13.0 Å². The van der Waals surface area contributed by atoms with Crippen LogP contribution >= 0.6 is 0 Å². The molecule has 2 N–H and O–H groups in total. The topological polar surface area (TPSA) is 24.1 Å². The van der Waals surface area contributed by atoms with E-state index in [0.717, 1.165) is 13.1 Å². The van der Waals surface area contributed by atoms with Gasteiger partial charge in [0.2, 0.25) is 0 Å². The van der Waals surface area contributed by atoms with E-state index >= 15 is 0 Å². The molecule has 2 nitrogen and oxygen atoms in total. The zero-order chi connectivity index (χ0) is 7.82. The zero-order valence-corrected chi connectivity index (χ0v) is 7.41. The summed E-state index contributed by atoms with van der Waals surface area (Å²) in [6, 6.07) is 0.713. The fourth-order valence-electron chi connectivity index (χ4n) is 0.953. The molecule has 0 aromatic rings. The standard InChI is InChI=1S/C6H14N2.C2H6/c1-6-2-3-7-4-5-8-6;1-2/h6-8H,2-5H2,1H3;1-2H3/t6-;/m0./s1. The lowest BCUT2D eigenvalue weighted by Gasteiger charge is -2.05. The van der Waals surface area contributed by atoms with Gasteiger partial charge in [0.25, 0.3) is 0 Å². The Morgan fingerprint density at radius 2 is 1.80 bits per heavy atom. The third kappa shape index (κ3) is 4.77. The maximum atomic E-state index is 3.38. The molecule has 2 heteroatoms. The van der Waals surface area contributed by atoms with Gasteiger partial charge in [-0.2, -0.15) is 0 Å². The van der Waals surface area contributed by atoms with Gasteiger partial charge >= 0.3 is 0 Å². The van der Waals surface area contributed by atoms with E-state index in [9.17, 15) is 0 Å². The Morgan fingerprint density at radius 3 is 2.50 bits per heavy atom. The normalized spacial score (nSPS) is 26.1. The first-order valence-electron chi connectivity index (χ1n) is 4.33. The Kier molecular flexibility index (Phi) is 6.98. The molecule has 1 aliphatic heterocycles. The first-order valence-corrected chi connectivity index (χ1v) is 4.33. The van der Waals surface area contributed by atoms with Crippen LogP contribution in [0, 0.1) is 0 Å². The highest BCUT2D eigenvalue weighted by molar-refractivity contribution is 4.67. The van der Waals surface area contributed by atoms with Crippen LogP contribution in [-0.2, 0) is 0 Å². The minimum Gasteiger partial charge on any atom is -0.315 e. The van der Waals surface area contributed by atoms with E-state index in [0.29, 0.717) is 6.04 Å². The van der Waals surface area contributed by atoms with Crippen LogP contribution in [0.25, 0.3) is 0 Å². The highest BCUT2D eigenvalue weighted by Gasteiger charge is 2.02. The first kappa shape index (κ1) is 9.92. The lowest BCUT2D eigenvalue weighted by molar-refractivity contribution is 0.565. The third-order valence-electron chi connectivity index (χ3n) is 1.55. The largest absolute Gasteiger partial charge is 0.315 e. The quantitative estimate of drug-likeness (QED) is 0.529. The van der Waals surface area contributed by atoms with Crippen molar-refractivity contribution < 1.29 is 0 Å². The summed E-state index contributed by atoms with van der Waals surface area (Å²) in [5, 5.41) is 6.70. The summed E-state index contributed by atoms with van der Waals surface area (Å²) >= 11 is 0. The van der Waals surface area contributed by atoms with Gasteiger partial charge in [-0.15, -0.1) is 0 Å². The molecule has 1 aliphatic rings. The molecule has 1 atom stereocenters. The molecule has 0 amide bonds. The molecule has 0 spiro atoms. The molecule has 0 bridgehead atoms. The van der Waals surface area contributed by atoms with Crippen molar-refractivity contribution in [1.29, 1.82) is 0 Å². The van der Waals surface area contributed by atoms with Crippen molar-refractivity contribution in [3.05, 3.63) is 0 Å². The summed E-state index contributed by atoms with van der Waals surface area (Å²) in [6.45, 7) is 9.66. The number of hydrogen-bond donors (Lipinski definition) is 2. The van der Waals surface area contributed by atoms with Crippen molar-refractivity contribution in [1.82, 2.24) is 10.6 Å². The average molecular weight is 144 g/mol. The maximum Gasteiger partial charge on any atom is 0.00792 e. The van der Waals surface area contributed by atoms with Crippen LogP contribution in [0.4, 0.5) is 0 Å². The summed E-state index contributed by atoms with van der Waals surface area (Å²) in [7, 11) is 0. The van der Waals surface area contributed by atoms with Gasteiger partial charge in [-0.05, 0) is 19.9 Å². The second-order valence-electron chi connectivity index (χ2n) is 2.39. The lowest BCUT2D eigenvalue weighted by Crippen LogP contribution is -2.26. The van der Waals surface area contributed by atoms with Crippen LogP contribution in [0.3, 0.4) is 0 Å². The minimum absolute atomic E-state index is 0.713. The summed E-state index contributed by atoms with van der Waals surface area (Å²) in [4.78, 5) is 0. The maximum absolute atomic E-state index is 3.38. The van der Waals surface area contributed by atoms with Crippen LogP contribution < -0.4 is 10.6 Å². The van der Waals surface area contributed by atoms with Crippen molar-refractivity contribution in [3.63, 3.8) is 0 Å². The molecule has 1 saturated heterocycles. The van der Waals surface area contributed by atoms with Gasteiger partial charge in [0, 0.05) is 19.1 Å². The lowest BCUT2D eigenvalue weighted by atomic mass is 10.2. The van der Waals surface area contributed by atoms with E-state index in [-0.39, 0.29) is 0 Å². The Morgan fingerprint density at radius 1 is 1.10 bits per heavy atom. The zero-order valence-electron chi connectivity index (χ0n) is 7.41. The summed E-state index contributed by atoms with van der Waals surface area (Å²) in [6.07, 6.45) is 1.26.